The van der Waals surface area contributed by atoms with Crippen molar-refractivity contribution in [1.29, 1.82) is 0 Å². The van der Waals surface area contributed by atoms with Gasteiger partial charge in [-0.15, -0.1) is 0 Å². The molecule has 2 aromatic rings. The zero-order chi connectivity index (χ0) is 25.8. The van der Waals surface area contributed by atoms with Crippen molar-refractivity contribution >= 4 is 29.2 Å². The van der Waals surface area contributed by atoms with Crippen molar-refractivity contribution in [3.05, 3.63) is 59.7 Å². The number of hydrogen-bond donors (Lipinski definition) is 3. The van der Waals surface area contributed by atoms with Crippen LogP contribution in [0.4, 0.5) is 33.3 Å². The number of alkyl halides is 3. The van der Waals surface area contributed by atoms with E-state index in [1.54, 1.807) is 18.2 Å². The Bertz CT molecular complexity index is 1050. The third-order valence-electron chi connectivity index (χ3n) is 4.97. The van der Waals surface area contributed by atoms with Gasteiger partial charge in [-0.25, -0.2) is 13.6 Å². The van der Waals surface area contributed by atoms with Gasteiger partial charge in [-0.3, -0.25) is 14.5 Å². The lowest BCUT2D eigenvalue weighted by Gasteiger charge is -2.28. The molecule has 12 heteroatoms. The van der Waals surface area contributed by atoms with Gasteiger partial charge >= 0.3 is 12.1 Å². The molecule has 0 aliphatic carbocycles. The number of carboxylic acids is 1. The number of carboxylic acid groups (broad SMARTS) is 1. The molecule has 2 aromatic carbocycles. The number of nitrogens with one attached hydrogen (secondary N) is 1. The maximum atomic E-state index is 13.9. The normalized spacial score (nSPS) is 15.8. The molecule has 0 bridgehead atoms. The highest BCUT2D eigenvalue weighted by molar-refractivity contribution is 6.08. The fourth-order valence-electron chi connectivity index (χ4n) is 3.14. The van der Waals surface area contributed by atoms with E-state index in [1.165, 1.54) is 11.0 Å². The van der Waals surface area contributed by atoms with E-state index in [2.05, 4.69) is 5.32 Å². The average Bonchev–Trinajstić information content (AvgIpc) is 3.14. The molecule has 184 valence electrons. The van der Waals surface area contributed by atoms with Crippen LogP contribution in [0, 0.1) is 17.6 Å². The molecule has 1 aliphatic heterocycles. The monoisotopic (exact) mass is 487 g/mol. The summed E-state index contributed by atoms with van der Waals surface area (Å²) in [5, 5.41) is 9.41. The average molecular weight is 487 g/mol. The van der Waals surface area contributed by atoms with Crippen molar-refractivity contribution in [3.63, 3.8) is 0 Å². The largest absolute Gasteiger partial charge is 0.490 e. The number of hydrogen-bond acceptors (Lipinski definition) is 4. The Morgan fingerprint density at radius 3 is 2.09 bits per heavy atom. The molecule has 2 amide bonds. The van der Waals surface area contributed by atoms with Crippen LogP contribution in [0.15, 0.2) is 42.5 Å². The number of carbonyl (C=O) groups is 3. The second kappa shape index (κ2) is 10.6. The SMILES string of the molecule is CC(C)[C@H](N)C(=O)N1c2ccccc2C[C@H]1C(=O)Nc1c(F)cccc1F.O=C(O)C(F)(F)F. The minimum atomic E-state index is -5.08. The lowest BCUT2D eigenvalue weighted by molar-refractivity contribution is -0.192. The first-order chi connectivity index (χ1) is 15.8. The van der Waals surface area contributed by atoms with E-state index in [0.29, 0.717) is 5.69 Å². The van der Waals surface area contributed by atoms with E-state index >= 15 is 0 Å². The van der Waals surface area contributed by atoms with Gasteiger partial charge in [0.1, 0.15) is 23.4 Å². The molecule has 34 heavy (non-hydrogen) atoms. The predicted molar refractivity (Wildman–Crippen MR) is 113 cm³/mol. The van der Waals surface area contributed by atoms with Crippen LogP contribution in [0.1, 0.15) is 19.4 Å². The number of aliphatic carboxylic acids is 1. The number of rotatable bonds is 4. The molecule has 0 unspecified atom stereocenters. The number of fused-ring (bicyclic) bond motifs is 1. The summed E-state index contributed by atoms with van der Waals surface area (Å²) in [5.74, 6) is -5.71. The quantitative estimate of drug-likeness (QED) is 0.572. The van der Waals surface area contributed by atoms with Crippen LogP contribution < -0.4 is 16.0 Å². The summed E-state index contributed by atoms with van der Waals surface area (Å²) in [6.07, 6.45) is -4.84. The van der Waals surface area contributed by atoms with Crippen molar-refractivity contribution in [3.8, 4) is 0 Å². The van der Waals surface area contributed by atoms with Gasteiger partial charge in [-0.05, 0) is 29.7 Å². The van der Waals surface area contributed by atoms with Crippen LogP contribution in [0.2, 0.25) is 0 Å². The van der Waals surface area contributed by atoms with E-state index in [4.69, 9.17) is 15.6 Å². The molecule has 4 N–H and O–H groups in total. The molecular formula is C22H22F5N3O4. The number of halogens is 5. The van der Waals surface area contributed by atoms with Crippen LogP contribution in [0.25, 0.3) is 0 Å². The summed E-state index contributed by atoms with van der Waals surface area (Å²) in [5.41, 5.74) is 6.88. The van der Waals surface area contributed by atoms with Gasteiger partial charge in [-0.1, -0.05) is 38.1 Å². The Hall–Kier alpha value is -3.54. The zero-order valence-corrected chi connectivity index (χ0v) is 18.1. The minimum absolute atomic E-state index is 0.127. The first-order valence-electron chi connectivity index (χ1n) is 9.97. The molecule has 0 aromatic heterocycles. The van der Waals surface area contributed by atoms with Crippen LogP contribution >= 0.6 is 0 Å². The van der Waals surface area contributed by atoms with Gasteiger partial charge in [0.15, 0.2) is 0 Å². The molecular weight excluding hydrogens is 465 g/mol. The Balaban J connectivity index is 0.000000509. The molecule has 0 fully saturated rings. The van der Waals surface area contributed by atoms with Crippen molar-refractivity contribution in [2.45, 2.75) is 38.5 Å². The minimum Gasteiger partial charge on any atom is -0.475 e. The lowest BCUT2D eigenvalue weighted by Crippen LogP contribution is -2.53. The van der Waals surface area contributed by atoms with Crippen molar-refractivity contribution < 1.29 is 41.4 Å². The summed E-state index contributed by atoms with van der Waals surface area (Å²) in [7, 11) is 0. The van der Waals surface area contributed by atoms with Gasteiger partial charge in [0.2, 0.25) is 11.8 Å². The molecule has 0 saturated carbocycles. The fourth-order valence-corrected chi connectivity index (χ4v) is 3.14. The highest BCUT2D eigenvalue weighted by Gasteiger charge is 2.41. The van der Waals surface area contributed by atoms with E-state index in [9.17, 15) is 31.5 Å². The van der Waals surface area contributed by atoms with E-state index < -0.39 is 53.4 Å². The van der Waals surface area contributed by atoms with E-state index in [1.807, 2.05) is 19.9 Å². The molecule has 1 aliphatic rings. The van der Waals surface area contributed by atoms with Crippen LogP contribution in [0.3, 0.4) is 0 Å². The first-order valence-corrected chi connectivity index (χ1v) is 9.97. The highest BCUT2D eigenvalue weighted by atomic mass is 19.4. The van der Waals surface area contributed by atoms with Gasteiger partial charge in [0.25, 0.3) is 0 Å². The summed E-state index contributed by atoms with van der Waals surface area (Å²) in [6.45, 7) is 3.63. The van der Waals surface area contributed by atoms with Crippen LogP contribution in [-0.4, -0.2) is 41.2 Å². The zero-order valence-electron chi connectivity index (χ0n) is 18.1. The van der Waals surface area contributed by atoms with Gasteiger partial charge in [-0.2, -0.15) is 13.2 Å². The number of benzene rings is 2. The summed E-state index contributed by atoms with van der Waals surface area (Å²) in [6, 6.07) is 8.71. The van der Waals surface area contributed by atoms with Crippen molar-refractivity contribution in [2.75, 3.05) is 10.2 Å². The molecule has 0 radical (unpaired) electrons. The van der Waals surface area contributed by atoms with E-state index in [-0.39, 0.29) is 12.3 Å². The third kappa shape index (κ3) is 6.07. The maximum Gasteiger partial charge on any atom is 0.490 e. The number of amides is 2. The molecule has 1 heterocycles. The van der Waals surface area contributed by atoms with Crippen LogP contribution in [0.5, 0.6) is 0 Å². The first kappa shape index (κ1) is 26.7. The smallest absolute Gasteiger partial charge is 0.475 e. The Kier molecular flexibility index (Phi) is 8.32. The van der Waals surface area contributed by atoms with Crippen LogP contribution in [-0.2, 0) is 20.8 Å². The summed E-state index contributed by atoms with van der Waals surface area (Å²) < 4.78 is 59.5. The maximum absolute atomic E-state index is 13.9. The fraction of sp³-hybridized carbons (Fsp3) is 0.318. The predicted octanol–water partition coefficient (Wildman–Crippen LogP) is 3.48. The second-order valence-electron chi connectivity index (χ2n) is 7.72. The Morgan fingerprint density at radius 1 is 1.06 bits per heavy atom. The standard InChI is InChI=1S/C20H21F2N3O2.C2HF3O2/c1-11(2)17(23)20(27)25-15-9-4-3-6-12(15)10-16(25)19(26)24-18-13(21)7-5-8-14(18)22;3-2(4,5)1(6)7/h3-9,11,16-17H,10,23H2,1-2H3,(H,24,26);(H,6,7)/t16-,17-;/m0./s1. The Morgan fingerprint density at radius 2 is 1.59 bits per heavy atom. The lowest BCUT2D eigenvalue weighted by atomic mass is 10.0. The number of nitrogens with zero attached hydrogens (tertiary/aromatic N) is 1. The third-order valence-corrected chi connectivity index (χ3v) is 4.97. The molecule has 0 saturated heterocycles. The summed E-state index contributed by atoms with van der Waals surface area (Å²) >= 11 is 0. The number of anilines is 2. The molecule has 0 spiro atoms. The number of para-hydroxylation sites is 2. The van der Waals surface area contributed by atoms with Crippen molar-refractivity contribution in [1.82, 2.24) is 0 Å². The van der Waals surface area contributed by atoms with Gasteiger partial charge in [0, 0.05) is 12.1 Å². The number of nitrogens with two attached hydrogens (primary N) is 1. The van der Waals surface area contributed by atoms with Gasteiger partial charge < -0.3 is 16.2 Å². The summed E-state index contributed by atoms with van der Waals surface area (Å²) in [4.78, 5) is 36.0. The highest BCUT2D eigenvalue weighted by Crippen LogP contribution is 2.34. The number of carbonyl (C=O) groups excluding carboxylic acids is 2. The molecule has 7 nitrogen and oxygen atoms in total. The molecule has 2 atom stereocenters. The topological polar surface area (TPSA) is 113 Å². The second-order valence-corrected chi connectivity index (χ2v) is 7.72. The Labute approximate surface area is 191 Å². The van der Waals surface area contributed by atoms with Gasteiger partial charge in [0.05, 0.1) is 6.04 Å². The molecule has 3 rings (SSSR count). The van der Waals surface area contributed by atoms with E-state index in [0.717, 1.165) is 17.7 Å². The van der Waals surface area contributed by atoms with Crippen molar-refractivity contribution in [2.24, 2.45) is 11.7 Å².